The van der Waals surface area contributed by atoms with Gasteiger partial charge in [0.1, 0.15) is 55.9 Å². The average molecular weight is 853 g/mol. The van der Waals surface area contributed by atoms with Crippen LogP contribution in [0.1, 0.15) is 73.3 Å². The minimum atomic E-state index is -2.48. The molecule has 0 saturated carbocycles. The zero-order chi connectivity index (χ0) is 43.4. The second-order valence-corrected chi connectivity index (χ2v) is 21.8. The zero-order valence-corrected chi connectivity index (χ0v) is 37.9. The van der Waals surface area contributed by atoms with Gasteiger partial charge in [-0.25, -0.2) is 0 Å². The summed E-state index contributed by atoms with van der Waals surface area (Å²) < 4.78 is 53.8. The van der Waals surface area contributed by atoms with Crippen molar-refractivity contribution in [1.82, 2.24) is 0 Å². The van der Waals surface area contributed by atoms with Gasteiger partial charge in [-0.3, -0.25) is 0 Å². The van der Waals surface area contributed by atoms with E-state index in [-0.39, 0.29) is 5.04 Å². The Labute approximate surface area is 368 Å². The number of rotatable bonds is 20. The fourth-order valence-electron chi connectivity index (χ4n) is 7.02. The third-order valence-electron chi connectivity index (χ3n) is 11.4. The minimum Gasteiger partial charge on any atom is -0.489 e. The average Bonchev–Trinajstić information content (AvgIpc) is 3.29. The third-order valence-corrected chi connectivity index (χ3v) is 15.9. The molecule has 1 aliphatic rings. The molecule has 324 valence electrons. The van der Waals surface area contributed by atoms with Gasteiger partial charge in [-0.1, -0.05) is 148 Å². The van der Waals surface area contributed by atoms with Crippen LogP contribution in [0, 0.1) is 0 Å². The van der Waals surface area contributed by atoms with E-state index in [1.165, 1.54) is 0 Å². The van der Waals surface area contributed by atoms with E-state index in [1.54, 1.807) is 0 Å². The first-order valence-electron chi connectivity index (χ1n) is 21.6. The van der Waals surface area contributed by atoms with Gasteiger partial charge >= 0.3 is 0 Å². The van der Waals surface area contributed by atoms with Crippen molar-refractivity contribution in [2.75, 3.05) is 19.8 Å². The smallest absolute Gasteiger partial charge is 0.192 e. The standard InChI is InChI=1S/C53H60O8Si/c1-7-54-30-31-55-51-49-47(59-38-42-26-18-11-19-27-42)33-44(56-35-39-20-12-8-13-21-39)34-48(49)60-50(52(51)61-62(5,6)53(2,3)4)43-28-29-45(57-36-40-22-14-9-15-23-40)46(32-43)58-37-41-24-16-10-17-25-41/h8-29,32-34,50-52H,7,30-31,35-38H2,1-6H3/t50-,51+,52-/m1/s1. The quantitative estimate of drug-likeness (QED) is 0.0555. The van der Waals surface area contributed by atoms with Crippen LogP contribution in [-0.2, 0) is 40.3 Å². The lowest BCUT2D eigenvalue weighted by atomic mass is 9.91. The molecule has 8 nitrogen and oxygen atoms in total. The van der Waals surface area contributed by atoms with Gasteiger partial charge in [-0.2, -0.15) is 0 Å². The molecule has 0 N–H and O–H groups in total. The predicted octanol–water partition coefficient (Wildman–Crippen LogP) is 12.6. The van der Waals surface area contributed by atoms with Crippen molar-refractivity contribution in [2.45, 2.75) is 90.6 Å². The van der Waals surface area contributed by atoms with Crippen LogP contribution < -0.4 is 23.7 Å². The number of fused-ring (bicyclic) bond motifs is 1. The van der Waals surface area contributed by atoms with Crippen molar-refractivity contribution < 1.29 is 37.6 Å². The van der Waals surface area contributed by atoms with Crippen LogP contribution in [0.25, 0.3) is 0 Å². The maximum atomic E-state index is 7.48. The van der Waals surface area contributed by atoms with Crippen LogP contribution in [-0.4, -0.2) is 34.2 Å². The van der Waals surface area contributed by atoms with Gasteiger partial charge in [-0.05, 0) is 65.0 Å². The normalized spacial score (nSPS) is 16.2. The zero-order valence-electron chi connectivity index (χ0n) is 36.9. The highest BCUT2D eigenvalue weighted by Gasteiger charge is 2.49. The molecule has 1 heterocycles. The van der Waals surface area contributed by atoms with Gasteiger partial charge in [0.2, 0.25) is 0 Å². The summed E-state index contributed by atoms with van der Waals surface area (Å²) in [6.07, 6.45) is -1.81. The Morgan fingerprint density at radius 3 is 1.56 bits per heavy atom. The monoisotopic (exact) mass is 852 g/mol. The molecule has 0 aromatic heterocycles. The van der Waals surface area contributed by atoms with Crippen LogP contribution in [0.2, 0.25) is 18.1 Å². The number of ether oxygens (including phenoxy) is 7. The van der Waals surface area contributed by atoms with Crippen LogP contribution in [0.4, 0.5) is 0 Å². The maximum absolute atomic E-state index is 7.48. The molecule has 0 spiro atoms. The molecule has 0 unspecified atom stereocenters. The second-order valence-electron chi connectivity index (χ2n) is 17.0. The Hall–Kier alpha value is -5.58. The summed E-state index contributed by atoms with van der Waals surface area (Å²) in [4.78, 5) is 0. The van der Waals surface area contributed by atoms with Gasteiger partial charge in [0.15, 0.2) is 25.9 Å². The largest absolute Gasteiger partial charge is 0.489 e. The summed E-state index contributed by atoms with van der Waals surface area (Å²) in [5.41, 5.74) is 5.81. The highest BCUT2D eigenvalue weighted by molar-refractivity contribution is 6.74. The molecule has 0 fully saturated rings. The highest BCUT2D eigenvalue weighted by atomic mass is 28.4. The molecule has 0 aliphatic carbocycles. The van der Waals surface area contributed by atoms with Crippen molar-refractivity contribution in [3.05, 3.63) is 185 Å². The van der Waals surface area contributed by atoms with E-state index in [4.69, 9.17) is 37.6 Å². The minimum absolute atomic E-state index is 0.117. The Balaban J connectivity index is 1.34. The van der Waals surface area contributed by atoms with E-state index in [0.29, 0.717) is 75.0 Å². The Bertz CT molecular complexity index is 2280. The molecular formula is C53H60O8Si. The molecule has 0 amide bonds. The molecule has 0 saturated heterocycles. The van der Waals surface area contributed by atoms with Crippen LogP contribution in [0.15, 0.2) is 152 Å². The van der Waals surface area contributed by atoms with E-state index >= 15 is 0 Å². The SMILES string of the molecule is CCOCCO[C@H]1c2c(OCc3ccccc3)cc(OCc3ccccc3)cc2O[C@H](c2ccc(OCc3ccccc3)c(OCc3ccccc3)c2)[C@H]1O[Si](C)(C)C(C)(C)C. The second kappa shape index (κ2) is 21.0. The number of benzene rings is 6. The van der Waals surface area contributed by atoms with E-state index in [9.17, 15) is 0 Å². The molecule has 9 heteroatoms. The lowest BCUT2D eigenvalue weighted by molar-refractivity contribution is -0.105. The van der Waals surface area contributed by atoms with Crippen molar-refractivity contribution in [2.24, 2.45) is 0 Å². The Morgan fingerprint density at radius 1 is 0.548 bits per heavy atom. The summed E-state index contributed by atoms with van der Waals surface area (Å²) in [6, 6.07) is 50.5. The molecule has 62 heavy (non-hydrogen) atoms. The molecule has 3 atom stereocenters. The van der Waals surface area contributed by atoms with Crippen LogP contribution >= 0.6 is 0 Å². The molecule has 7 rings (SSSR count). The summed E-state index contributed by atoms with van der Waals surface area (Å²) in [5.74, 6) is 3.04. The molecule has 1 aliphatic heterocycles. The molecular weight excluding hydrogens is 793 g/mol. The maximum Gasteiger partial charge on any atom is 0.192 e. The van der Waals surface area contributed by atoms with E-state index in [1.807, 2.05) is 122 Å². The van der Waals surface area contributed by atoms with E-state index in [0.717, 1.165) is 33.4 Å². The van der Waals surface area contributed by atoms with E-state index < -0.39 is 26.6 Å². The number of hydrogen-bond acceptors (Lipinski definition) is 8. The Kier molecular flexibility index (Phi) is 15.1. The molecule has 6 aromatic rings. The first-order chi connectivity index (χ1) is 30.1. The molecule has 0 bridgehead atoms. The lowest BCUT2D eigenvalue weighted by Gasteiger charge is -2.46. The number of hydrogen-bond donors (Lipinski definition) is 0. The fourth-order valence-corrected chi connectivity index (χ4v) is 8.30. The fraction of sp³-hybridized carbons (Fsp3) is 0.321. The predicted molar refractivity (Wildman–Crippen MR) is 247 cm³/mol. The van der Waals surface area contributed by atoms with E-state index in [2.05, 4.69) is 70.3 Å². The lowest BCUT2D eigenvalue weighted by Crippen LogP contribution is -2.49. The highest BCUT2D eigenvalue weighted by Crippen LogP contribution is 2.53. The van der Waals surface area contributed by atoms with Gasteiger partial charge in [0.25, 0.3) is 0 Å². The summed E-state index contributed by atoms with van der Waals surface area (Å²) in [5, 5.41) is -0.117. The third kappa shape index (κ3) is 11.7. The Morgan fingerprint density at radius 2 is 1.05 bits per heavy atom. The van der Waals surface area contributed by atoms with Crippen LogP contribution in [0.5, 0.6) is 28.7 Å². The van der Waals surface area contributed by atoms with Crippen molar-refractivity contribution in [3.8, 4) is 28.7 Å². The summed E-state index contributed by atoms with van der Waals surface area (Å²) in [6.45, 7) is 16.0. The van der Waals surface area contributed by atoms with Gasteiger partial charge < -0.3 is 37.6 Å². The first kappa shape index (κ1) is 44.5. The van der Waals surface area contributed by atoms with Crippen LogP contribution in [0.3, 0.4) is 0 Å². The van der Waals surface area contributed by atoms with Crippen molar-refractivity contribution >= 4 is 8.32 Å². The van der Waals surface area contributed by atoms with Gasteiger partial charge in [0.05, 0.1) is 18.8 Å². The van der Waals surface area contributed by atoms with Gasteiger partial charge in [-0.15, -0.1) is 0 Å². The van der Waals surface area contributed by atoms with Crippen molar-refractivity contribution in [1.29, 1.82) is 0 Å². The topological polar surface area (TPSA) is 73.8 Å². The molecule has 6 aromatic carbocycles. The summed E-state index contributed by atoms with van der Waals surface area (Å²) >= 11 is 0. The first-order valence-corrected chi connectivity index (χ1v) is 24.5. The summed E-state index contributed by atoms with van der Waals surface area (Å²) in [7, 11) is -2.48. The molecule has 0 radical (unpaired) electrons. The van der Waals surface area contributed by atoms with Gasteiger partial charge in [0, 0.05) is 18.7 Å². The van der Waals surface area contributed by atoms with Crippen molar-refractivity contribution in [3.63, 3.8) is 0 Å².